The average Bonchev–Trinajstić information content (AvgIpc) is 3.15. The molecule has 5 N–H and O–H groups in total. The highest BCUT2D eigenvalue weighted by Gasteiger charge is 2.19. The van der Waals surface area contributed by atoms with E-state index >= 15 is 0 Å². The molecule has 108 valence electrons. The molecule has 5 nitrogen and oxygen atoms in total. The number of rotatable bonds is 5. The smallest absolute Gasteiger partial charge is 0.278 e. The summed E-state index contributed by atoms with van der Waals surface area (Å²) in [4.78, 5) is 15.3. The molecule has 3 aromatic rings. The Hall–Kier alpha value is -2.53. The Labute approximate surface area is 122 Å². The van der Waals surface area contributed by atoms with E-state index in [9.17, 15) is 4.79 Å². The molecular weight excluding hydrogens is 266 g/mol. The van der Waals surface area contributed by atoms with Crippen molar-refractivity contribution in [2.75, 3.05) is 0 Å². The van der Waals surface area contributed by atoms with Crippen molar-refractivity contribution < 1.29 is 14.9 Å². The zero-order valence-electron chi connectivity index (χ0n) is 11.6. The van der Waals surface area contributed by atoms with Crippen molar-refractivity contribution in [3.63, 3.8) is 0 Å². The highest BCUT2D eigenvalue weighted by Crippen LogP contribution is 2.18. The van der Waals surface area contributed by atoms with Gasteiger partial charge < -0.3 is 20.5 Å². The molecule has 1 atom stereocenters. The third kappa shape index (κ3) is 2.98. The Morgan fingerprint density at radius 1 is 1.29 bits per heavy atom. The molecule has 21 heavy (non-hydrogen) atoms. The van der Waals surface area contributed by atoms with Crippen LogP contribution >= 0.6 is 0 Å². The Morgan fingerprint density at radius 3 is 2.95 bits per heavy atom. The molecular formula is C16H18N3O2+. The number of para-hydroxylation sites is 1. The molecule has 0 aliphatic heterocycles. The van der Waals surface area contributed by atoms with Crippen LogP contribution in [0.5, 0.6) is 0 Å². The number of nitrogens with one attached hydrogen (secondary N) is 2. The number of H-pyrrole nitrogens is 1. The minimum absolute atomic E-state index is 0.0725. The molecule has 2 aromatic heterocycles. The normalized spacial score (nSPS) is 12.4. The first-order valence-electron chi connectivity index (χ1n) is 6.92. The van der Waals surface area contributed by atoms with Crippen LogP contribution in [0, 0.1) is 0 Å². The van der Waals surface area contributed by atoms with Crippen LogP contribution in [0.15, 0.2) is 53.3 Å². The zero-order chi connectivity index (χ0) is 14.7. The fraction of sp³-hybridized carbons (Fsp3) is 0.188. The molecule has 0 radical (unpaired) electrons. The van der Waals surface area contributed by atoms with E-state index in [0.29, 0.717) is 13.0 Å². The van der Waals surface area contributed by atoms with Crippen molar-refractivity contribution in [3.05, 3.63) is 60.2 Å². The van der Waals surface area contributed by atoms with Crippen LogP contribution in [0.25, 0.3) is 10.9 Å². The van der Waals surface area contributed by atoms with E-state index in [1.54, 1.807) is 12.3 Å². The van der Waals surface area contributed by atoms with Crippen molar-refractivity contribution in [2.24, 2.45) is 0 Å². The molecule has 0 saturated carbocycles. The largest absolute Gasteiger partial charge is 0.467 e. The minimum atomic E-state index is -0.334. The highest BCUT2D eigenvalue weighted by molar-refractivity contribution is 5.85. The lowest BCUT2D eigenvalue weighted by molar-refractivity contribution is -0.403. The van der Waals surface area contributed by atoms with Gasteiger partial charge in [-0.05, 0) is 23.8 Å². The van der Waals surface area contributed by atoms with Gasteiger partial charge in [-0.25, -0.2) is 0 Å². The Morgan fingerprint density at radius 2 is 2.14 bits per heavy atom. The number of quaternary nitrogens is 1. The van der Waals surface area contributed by atoms with Crippen molar-refractivity contribution in [1.29, 1.82) is 0 Å². The summed E-state index contributed by atoms with van der Waals surface area (Å²) in [5, 5.41) is 3.98. The molecule has 0 spiro atoms. The maximum absolute atomic E-state index is 12.1. The highest BCUT2D eigenvalue weighted by atomic mass is 16.3. The van der Waals surface area contributed by atoms with Crippen molar-refractivity contribution >= 4 is 16.8 Å². The quantitative estimate of drug-likeness (QED) is 0.658. The monoisotopic (exact) mass is 284 g/mol. The van der Waals surface area contributed by atoms with Crippen molar-refractivity contribution in [1.82, 2.24) is 10.3 Å². The maximum Gasteiger partial charge on any atom is 0.278 e. The van der Waals surface area contributed by atoms with Crippen LogP contribution in [-0.4, -0.2) is 16.9 Å². The predicted molar refractivity (Wildman–Crippen MR) is 79.2 cm³/mol. The number of aromatic nitrogens is 1. The number of carbonyl (C=O) groups excluding carboxylic acids is 1. The van der Waals surface area contributed by atoms with Crippen LogP contribution in [0.2, 0.25) is 0 Å². The van der Waals surface area contributed by atoms with Crippen LogP contribution in [0.4, 0.5) is 0 Å². The van der Waals surface area contributed by atoms with Gasteiger partial charge >= 0.3 is 0 Å². The van der Waals surface area contributed by atoms with Crippen molar-refractivity contribution in [3.8, 4) is 0 Å². The van der Waals surface area contributed by atoms with Crippen LogP contribution in [-0.2, 0) is 17.8 Å². The molecule has 0 aliphatic rings. The number of aromatic amines is 1. The summed E-state index contributed by atoms with van der Waals surface area (Å²) >= 11 is 0. The van der Waals surface area contributed by atoms with E-state index < -0.39 is 0 Å². The number of hydrogen-bond acceptors (Lipinski definition) is 2. The summed E-state index contributed by atoms with van der Waals surface area (Å²) in [6.07, 6.45) is 4.14. The van der Waals surface area contributed by atoms with E-state index in [2.05, 4.69) is 22.1 Å². The molecule has 5 heteroatoms. The van der Waals surface area contributed by atoms with E-state index in [0.717, 1.165) is 22.2 Å². The first-order valence-corrected chi connectivity index (χ1v) is 6.92. The molecule has 0 saturated heterocycles. The number of furan rings is 1. The van der Waals surface area contributed by atoms with E-state index in [1.165, 1.54) is 0 Å². The van der Waals surface area contributed by atoms with Crippen LogP contribution in [0.3, 0.4) is 0 Å². The number of carbonyl (C=O) groups is 1. The standard InChI is InChI=1S/C16H17N3O2/c17-14(16(20)19-10-12-4-3-7-21-12)8-11-9-18-15-6-2-1-5-13(11)15/h1-7,9,14,18H,8,10,17H2,(H,19,20)/p+1. The summed E-state index contributed by atoms with van der Waals surface area (Å²) in [5.74, 6) is 0.666. The maximum atomic E-state index is 12.1. The lowest BCUT2D eigenvalue weighted by Gasteiger charge is -2.08. The van der Waals surface area contributed by atoms with Gasteiger partial charge in [-0.15, -0.1) is 0 Å². The molecule has 1 aromatic carbocycles. The molecule has 0 aliphatic carbocycles. The lowest BCUT2D eigenvalue weighted by atomic mass is 10.1. The van der Waals surface area contributed by atoms with E-state index in [-0.39, 0.29) is 11.9 Å². The van der Waals surface area contributed by atoms with Gasteiger partial charge in [-0.3, -0.25) is 4.79 Å². The van der Waals surface area contributed by atoms with Gasteiger partial charge in [0.05, 0.1) is 12.8 Å². The second kappa shape index (κ2) is 5.85. The number of benzene rings is 1. The average molecular weight is 284 g/mol. The van der Waals surface area contributed by atoms with Gasteiger partial charge in [0.1, 0.15) is 5.76 Å². The van der Waals surface area contributed by atoms with Crippen molar-refractivity contribution in [2.45, 2.75) is 19.0 Å². The van der Waals surface area contributed by atoms with Gasteiger partial charge in [-0.2, -0.15) is 0 Å². The Balaban J connectivity index is 1.62. The third-order valence-electron chi connectivity index (χ3n) is 3.53. The fourth-order valence-electron chi connectivity index (χ4n) is 2.39. The fourth-order valence-corrected chi connectivity index (χ4v) is 2.39. The summed E-state index contributed by atoms with van der Waals surface area (Å²) in [5.41, 5.74) is 6.15. The van der Waals surface area contributed by atoms with Crippen LogP contribution in [0.1, 0.15) is 11.3 Å². The summed E-state index contributed by atoms with van der Waals surface area (Å²) in [7, 11) is 0. The molecule has 0 bridgehead atoms. The summed E-state index contributed by atoms with van der Waals surface area (Å²) in [6, 6.07) is 11.4. The summed E-state index contributed by atoms with van der Waals surface area (Å²) in [6.45, 7) is 0.395. The first-order chi connectivity index (χ1) is 10.2. The molecule has 0 fully saturated rings. The molecule has 1 amide bonds. The molecule has 1 unspecified atom stereocenters. The molecule has 2 heterocycles. The van der Waals surface area contributed by atoms with Gasteiger partial charge in [0.25, 0.3) is 5.91 Å². The minimum Gasteiger partial charge on any atom is -0.467 e. The van der Waals surface area contributed by atoms with E-state index in [1.807, 2.05) is 30.5 Å². The second-order valence-corrected chi connectivity index (χ2v) is 5.06. The van der Waals surface area contributed by atoms with Gasteiger partial charge in [0, 0.05) is 23.5 Å². The Bertz CT molecular complexity index is 731. The van der Waals surface area contributed by atoms with Gasteiger partial charge in [0.2, 0.25) is 0 Å². The number of amides is 1. The topological polar surface area (TPSA) is 85.7 Å². The van der Waals surface area contributed by atoms with Gasteiger partial charge in [-0.1, -0.05) is 18.2 Å². The van der Waals surface area contributed by atoms with Crippen LogP contribution < -0.4 is 11.1 Å². The van der Waals surface area contributed by atoms with E-state index in [4.69, 9.17) is 4.42 Å². The summed E-state index contributed by atoms with van der Waals surface area (Å²) < 4.78 is 5.19. The third-order valence-corrected chi connectivity index (χ3v) is 3.53. The molecule has 3 rings (SSSR count). The SMILES string of the molecule is [NH3+]C(Cc1c[nH]c2ccccc12)C(=O)NCc1ccco1. The second-order valence-electron chi connectivity index (χ2n) is 5.06. The number of fused-ring (bicyclic) bond motifs is 1. The zero-order valence-corrected chi connectivity index (χ0v) is 11.6. The number of hydrogen-bond donors (Lipinski definition) is 3. The predicted octanol–water partition coefficient (Wildman–Crippen LogP) is 1.23. The lowest BCUT2D eigenvalue weighted by Crippen LogP contribution is -2.68. The van der Waals surface area contributed by atoms with Gasteiger partial charge in [0.15, 0.2) is 6.04 Å². The first kappa shape index (κ1) is 13.5. The Kier molecular flexibility index (Phi) is 3.75.